The molecule has 2 N–H and O–H groups in total. The van der Waals surface area contributed by atoms with Gasteiger partial charge in [0.05, 0.1) is 11.3 Å². The number of hydrogen-bond donors (Lipinski definition) is 2. The first-order chi connectivity index (χ1) is 9.21. The maximum atomic E-state index is 12.1. The summed E-state index contributed by atoms with van der Waals surface area (Å²) < 4.78 is 5.35. The Balaban J connectivity index is 2.13. The van der Waals surface area contributed by atoms with E-state index >= 15 is 0 Å². The highest BCUT2D eigenvalue weighted by Crippen LogP contribution is 2.43. The highest BCUT2D eigenvalue weighted by molar-refractivity contribution is 5.87. The molecule has 0 heterocycles. The van der Waals surface area contributed by atoms with Gasteiger partial charge in [-0.1, -0.05) is 17.3 Å². The fraction of sp³-hybridized carbons (Fsp3) is 0.733. The molecule has 1 amide bonds. The summed E-state index contributed by atoms with van der Waals surface area (Å²) in [6, 6.07) is 0. The molecule has 0 aromatic heterocycles. The van der Waals surface area contributed by atoms with Gasteiger partial charge < -0.3 is 15.3 Å². The van der Waals surface area contributed by atoms with Crippen molar-refractivity contribution in [1.82, 2.24) is 5.32 Å². The summed E-state index contributed by atoms with van der Waals surface area (Å²) in [5.74, 6) is 0.394. The Morgan fingerprint density at radius 1 is 1.45 bits per heavy atom. The molecule has 0 aromatic rings. The molecule has 2 aliphatic carbocycles. The number of carbonyl (C=O) groups is 1. The van der Waals surface area contributed by atoms with Gasteiger partial charge in [0.2, 0.25) is 0 Å². The lowest BCUT2D eigenvalue weighted by atomic mass is 9.65. The normalized spacial score (nSPS) is 32.0. The lowest BCUT2D eigenvalue weighted by Gasteiger charge is -2.46. The van der Waals surface area contributed by atoms with Crippen molar-refractivity contribution in [3.05, 3.63) is 12.2 Å². The summed E-state index contributed by atoms with van der Waals surface area (Å²) in [5.41, 5.74) is 0.982. The van der Waals surface area contributed by atoms with E-state index in [0.717, 1.165) is 37.0 Å². The Bertz CT molecular complexity index is 451. The number of hydrogen-bond acceptors (Lipinski definition) is 4. The minimum Gasteiger partial charge on any atom is -0.444 e. The predicted molar refractivity (Wildman–Crippen MR) is 77.0 cm³/mol. The molecule has 0 radical (unpaired) electrons. The molecule has 2 aliphatic rings. The molecule has 0 aliphatic heterocycles. The average molecular weight is 280 g/mol. The summed E-state index contributed by atoms with van der Waals surface area (Å²) in [7, 11) is 0. The molecule has 0 saturated heterocycles. The van der Waals surface area contributed by atoms with Gasteiger partial charge in [-0.25, -0.2) is 4.79 Å². The van der Waals surface area contributed by atoms with Crippen molar-refractivity contribution in [2.45, 2.75) is 64.0 Å². The van der Waals surface area contributed by atoms with Crippen molar-refractivity contribution in [1.29, 1.82) is 0 Å². The van der Waals surface area contributed by atoms with E-state index in [0.29, 0.717) is 12.3 Å². The monoisotopic (exact) mass is 280 g/mol. The van der Waals surface area contributed by atoms with Crippen LogP contribution in [0, 0.1) is 5.92 Å². The second-order valence-corrected chi connectivity index (χ2v) is 7.16. The number of rotatable bonds is 1. The largest absolute Gasteiger partial charge is 0.444 e. The van der Waals surface area contributed by atoms with Gasteiger partial charge in [-0.2, -0.15) is 0 Å². The van der Waals surface area contributed by atoms with Gasteiger partial charge in [0.1, 0.15) is 5.60 Å². The van der Waals surface area contributed by atoms with Gasteiger partial charge in [0.25, 0.3) is 0 Å². The van der Waals surface area contributed by atoms with Crippen LogP contribution in [0.4, 0.5) is 4.79 Å². The third-order valence-electron chi connectivity index (χ3n) is 3.82. The maximum Gasteiger partial charge on any atom is 0.408 e. The standard InChI is InChI=1S/C15H24N2O3/c1-10-5-11-6-12(17-19)9-15(7-10,8-11)16-13(18)20-14(2,3)4/h11,19H,1,5-9H2,2-4H3,(H,16,18). The number of amides is 1. The number of fused-ring (bicyclic) bond motifs is 2. The molecule has 20 heavy (non-hydrogen) atoms. The fourth-order valence-corrected chi connectivity index (χ4v) is 3.47. The Kier molecular flexibility index (Phi) is 3.80. The van der Waals surface area contributed by atoms with E-state index in [9.17, 15) is 4.79 Å². The number of oxime groups is 1. The first kappa shape index (κ1) is 14.9. The average Bonchev–Trinajstić information content (AvgIpc) is 2.23. The highest BCUT2D eigenvalue weighted by atomic mass is 16.6. The molecule has 2 atom stereocenters. The summed E-state index contributed by atoms with van der Waals surface area (Å²) in [6.45, 7) is 9.60. The Hall–Kier alpha value is -1.52. The molecule has 0 spiro atoms. The Labute approximate surface area is 120 Å². The first-order valence-electron chi connectivity index (χ1n) is 7.09. The zero-order valence-corrected chi connectivity index (χ0v) is 12.5. The Morgan fingerprint density at radius 2 is 2.15 bits per heavy atom. The number of alkyl carbamates (subject to hydrolysis) is 1. The van der Waals surface area contributed by atoms with Crippen molar-refractivity contribution in [2.24, 2.45) is 11.1 Å². The molecule has 112 valence electrons. The molecular weight excluding hydrogens is 256 g/mol. The van der Waals surface area contributed by atoms with Crippen LogP contribution in [0.3, 0.4) is 0 Å². The highest BCUT2D eigenvalue weighted by Gasteiger charge is 2.44. The SMILES string of the molecule is C=C1CC2CC(=NO)CC(NC(=O)OC(C)(C)C)(C1)C2. The third kappa shape index (κ3) is 3.52. The molecular formula is C15H24N2O3. The fourth-order valence-electron chi connectivity index (χ4n) is 3.47. The van der Waals surface area contributed by atoms with Crippen molar-refractivity contribution in [3.8, 4) is 0 Å². The van der Waals surface area contributed by atoms with E-state index < -0.39 is 17.2 Å². The van der Waals surface area contributed by atoms with Gasteiger partial charge >= 0.3 is 6.09 Å². The van der Waals surface area contributed by atoms with Gasteiger partial charge in [-0.05, 0) is 52.4 Å². The number of nitrogens with zero attached hydrogens (tertiary/aromatic N) is 1. The van der Waals surface area contributed by atoms with Gasteiger partial charge in [-0.3, -0.25) is 0 Å². The lowest BCUT2D eigenvalue weighted by molar-refractivity contribution is 0.0417. The smallest absolute Gasteiger partial charge is 0.408 e. The molecule has 5 nitrogen and oxygen atoms in total. The van der Waals surface area contributed by atoms with Crippen LogP contribution in [0.1, 0.15) is 52.9 Å². The molecule has 2 fully saturated rings. The van der Waals surface area contributed by atoms with Gasteiger partial charge in [0, 0.05) is 6.42 Å². The van der Waals surface area contributed by atoms with Gasteiger partial charge in [0.15, 0.2) is 0 Å². The molecule has 2 saturated carbocycles. The summed E-state index contributed by atoms with van der Waals surface area (Å²) in [6.07, 6.45) is 3.50. The van der Waals surface area contributed by atoms with Crippen molar-refractivity contribution >= 4 is 11.8 Å². The maximum absolute atomic E-state index is 12.1. The second-order valence-electron chi connectivity index (χ2n) is 7.16. The molecule has 5 heteroatoms. The van der Waals surface area contributed by atoms with Crippen LogP contribution in [0.25, 0.3) is 0 Å². The van der Waals surface area contributed by atoms with Crippen LogP contribution >= 0.6 is 0 Å². The van der Waals surface area contributed by atoms with Crippen LogP contribution in [0.2, 0.25) is 0 Å². The van der Waals surface area contributed by atoms with E-state index in [-0.39, 0.29) is 0 Å². The summed E-state index contributed by atoms with van der Waals surface area (Å²) in [4.78, 5) is 12.1. The van der Waals surface area contributed by atoms with E-state index in [1.807, 2.05) is 20.8 Å². The van der Waals surface area contributed by atoms with E-state index in [1.54, 1.807) is 0 Å². The number of ether oxygens (including phenoxy) is 1. The van der Waals surface area contributed by atoms with E-state index in [1.165, 1.54) is 0 Å². The second kappa shape index (κ2) is 5.11. The Morgan fingerprint density at radius 3 is 2.75 bits per heavy atom. The van der Waals surface area contributed by atoms with Crippen molar-refractivity contribution in [2.75, 3.05) is 0 Å². The van der Waals surface area contributed by atoms with Crippen LogP contribution < -0.4 is 5.32 Å². The molecule has 2 bridgehead atoms. The van der Waals surface area contributed by atoms with E-state index in [4.69, 9.17) is 9.94 Å². The first-order valence-corrected chi connectivity index (χ1v) is 7.09. The lowest BCUT2D eigenvalue weighted by Crippen LogP contribution is -2.56. The van der Waals surface area contributed by atoms with E-state index in [2.05, 4.69) is 17.1 Å². The topological polar surface area (TPSA) is 70.9 Å². The van der Waals surface area contributed by atoms with Crippen molar-refractivity contribution in [3.63, 3.8) is 0 Å². The molecule has 2 unspecified atom stereocenters. The van der Waals surface area contributed by atoms with Crippen molar-refractivity contribution < 1.29 is 14.7 Å². The van der Waals surface area contributed by atoms with Crippen LogP contribution in [-0.2, 0) is 4.74 Å². The number of nitrogens with one attached hydrogen (secondary N) is 1. The van der Waals surface area contributed by atoms with Crippen LogP contribution in [0.5, 0.6) is 0 Å². The van der Waals surface area contributed by atoms with Gasteiger partial charge in [-0.15, -0.1) is 0 Å². The summed E-state index contributed by atoms with van der Waals surface area (Å²) >= 11 is 0. The molecule has 0 aromatic carbocycles. The van der Waals surface area contributed by atoms with Crippen LogP contribution in [-0.4, -0.2) is 28.2 Å². The quantitative estimate of drug-likeness (QED) is 0.440. The van der Waals surface area contributed by atoms with Crippen LogP contribution in [0.15, 0.2) is 17.3 Å². The summed E-state index contributed by atoms with van der Waals surface area (Å²) in [5, 5.41) is 15.4. The minimum absolute atomic E-state index is 0.394. The zero-order chi connectivity index (χ0) is 15.0. The number of carbonyl (C=O) groups excluding carboxylic acids is 1. The molecule has 2 rings (SSSR count). The minimum atomic E-state index is -0.519. The third-order valence-corrected chi connectivity index (χ3v) is 3.82. The predicted octanol–water partition coefficient (Wildman–Crippen LogP) is 3.23. The zero-order valence-electron chi connectivity index (χ0n) is 12.5.